The van der Waals surface area contributed by atoms with Crippen molar-refractivity contribution < 1.29 is 14.4 Å². The molecule has 2 aliphatic rings. The minimum absolute atomic E-state index is 0.00583. The molecule has 0 radical (unpaired) electrons. The Kier molecular flexibility index (Phi) is 10.3. The molecule has 6 heteroatoms. The van der Waals surface area contributed by atoms with Gasteiger partial charge in [-0.15, -0.1) is 0 Å². The molecule has 2 aliphatic carbocycles. The lowest BCUT2D eigenvalue weighted by atomic mass is 9.76. The SMILES string of the molecule is CC(C)[C@H]1CC[C@@H](C(=O)Nc2cc(NC(=O)CC(C)(C)C)cc(N(C(=O)C3CCCCC3)C(C)(C)C)c2)CC1. The second-order valence-electron chi connectivity index (χ2n) is 14.6. The van der Waals surface area contributed by atoms with E-state index in [0.717, 1.165) is 51.4 Å². The molecular weight excluding hydrogens is 486 g/mol. The highest BCUT2D eigenvalue weighted by molar-refractivity contribution is 6.00. The van der Waals surface area contributed by atoms with Gasteiger partial charge in [0.25, 0.3) is 0 Å². The molecule has 3 rings (SSSR count). The summed E-state index contributed by atoms with van der Waals surface area (Å²) in [6.45, 7) is 16.8. The molecule has 1 aromatic rings. The van der Waals surface area contributed by atoms with Crippen LogP contribution in [0.1, 0.15) is 120 Å². The van der Waals surface area contributed by atoms with E-state index in [1.807, 2.05) is 64.6 Å². The number of benzene rings is 1. The van der Waals surface area contributed by atoms with E-state index in [4.69, 9.17) is 0 Å². The summed E-state index contributed by atoms with van der Waals surface area (Å²) in [5.41, 5.74) is 1.33. The molecule has 0 bridgehead atoms. The smallest absolute Gasteiger partial charge is 0.230 e. The third-order valence-electron chi connectivity index (χ3n) is 8.35. The van der Waals surface area contributed by atoms with Crippen molar-refractivity contribution in [3.05, 3.63) is 18.2 Å². The lowest BCUT2D eigenvalue weighted by Gasteiger charge is -2.39. The molecular formula is C33H53N3O3. The highest BCUT2D eigenvalue weighted by Gasteiger charge is 2.34. The Balaban J connectivity index is 1.91. The predicted octanol–water partition coefficient (Wildman–Crippen LogP) is 8.17. The minimum Gasteiger partial charge on any atom is -0.326 e. The molecule has 6 nitrogen and oxygen atoms in total. The van der Waals surface area contributed by atoms with Crippen LogP contribution >= 0.6 is 0 Å². The van der Waals surface area contributed by atoms with E-state index in [0.29, 0.717) is 35.3 Å². The van der Waals surface area contributed by atoms with Gasteiger partial charge in [0.1, 0.15) is 0 Å². The third kappa shape index (κ3) is 9.08. The van der Waals surface area contributed by atoms with Gasteiger partial charge < -0.3 is 15.5 Å². The summed E-state index contributed by atoms with van der Waals surface area (Å²) in [6.07, 6.45) is 9.51. The second kappa shape index (κ2) is 12.9. The number of rotatable bonds is 7. The molecule has 2 N–H and O–H groups in total. The van der Waals surface area contributed by atoms with Crippen LogP contribution in [0.4, 0.5) is 17.1 Å². The van der Waals surface area contributed by atoms with Crippen LogP contribution in [0.5, 0.6) is 0 Å². The Morgan fingerprint density at radius 1 is 0.795 bits per heavy atom. The molecule has 0 saturated heterocycles. The van der Waals surface area contributed by atoms with Crippen molar-refractivity contribution in [3.63, 3.8) is 0 Å². The van der Waals surface area contributed by atoms with Crippen molar-refractivity contribution in [1.82, 2.24) is 0 Å². The Labute approximate surface area is 237 Å². The van der Waals surface area contributed by atoms with E-state index < -0.39 is 5.54 Å². The first-order valence-corrected chi connectivity index (χ1v) is 15.2. The van der Waals surface area contributed by atoms with Crippen LogP contribution in [0, 0.1) is 29.1 Å². The molecule has 0 heterocycles. The Hall–Kier alpha value is -2.37. The summed E-state index contributed by atoms with van der Waals surface area (Å²) in [4.78, 5) is 42.0. The molecule has 0 aromatic heterocycles. The number of nitrogens with zero attached hydrogens (tertiary/aromatic N) is 1. The standard InChI is InChI=1S/C33H53N3O3/c1-22(2)23-14-16-24(17-15-23)30(38)35-27-18-26(34-29(37)21-32(3,4)5)19-28(20-27)36(33(6,7)8)31(39)25-12-10-9-11-13-25/h18-20,22-25H,9-17,21H2,1-8H3,(H,34,37)(H,35,38)/t23-,24+. The normalized spacial score (nSPS) is 20.9. The topological polar surface area (TPSA) is 78.5 Å². The van der Waals surface area contributed by atoms with E-state index in [1.54, 1.807) is 0 Å². The van der Waals surface area contributed by atoms with Gasteiger partial charge >= 0.3 is 0 Å². The van der Waals surface area contributed by atoms with Gasteiger partial charge in [-0.3, -0.25) is 14.4 Å². The van der Waals surface area contributed by atoms with Gasteiger partial charge in [-0.1, -0.05) is 53.9 Å². The largest absolute Gasteiger partial charge is 0.326 e. The van der Waals surface area contributed by atoms with E-state index in [2.05, 4.69) is 24.5 Å². The summed E-state index contributed by atoms with van der Waals surface area (Å²) >= 11 is 0. The molecule has 2 saturated carbocycles. The van der Waals surface area contributed by atoms with E-state index in [1.165, 1.54) is 6.42 Å². The fraction of sp³-hybridized carbons (Fsp3) is 0.727. The van der Waals surface area contributed by atoms with Gasteiger partial charge in [0.05, 0.1) is 0 Å². The second-order valence-corrected chi connectivity index (χ2v) is 14.6. The van der Waals surface area contributed by atoms with Crippen molar-refractivity contribution in [2.75, 3.05) is 15.5 Å². The van der Waals surface area contributed by atoms with Crippen LogP contribution in [-0.4, -0.2) is 23.3 Å². The van der Waals surface area contributed by atoms with Crippen molar-refractivity contribution in [1.29, 1.82) is 0 Å². The lowest BCUT2D eigenvalue weighted by Crippen LogP contribution is -2.49. The van der Waals surface area contributed by atoms with Crippen LogP contribution in [-0.2, 0) is 14.4 Å². The maximum Gasteiger partial charge on any atom is 0.230 e. The van der Waals surface area contributed by atoms with Crippen molar-refractivity contribution in [3.8, 4) is 0 Å². The predicted molar refractivity (Wildman–Crippen MR) is 162 cm³/mol. The zero-order valence-corrected chi connectivity index (χ0v) is 25.8. The Morgan fingerprint density at radius 3 is 1.87 bits per heavy atom. The minimum atomic E-state index is -0.459. The van der Waals surface area contributed by atoms with Crippen LogP contribution < -0.4 is 15.5 Å². The van der Waals surface area contributed by atoms with E-state index in [-0.39, 0.29) is 35.0 Å². The number of hydrogen-bond donors (Lipinski definition) is 2. The maximum absolute atomic E-state index is 13.9. The lowest BCUT2D eigenvalue weighted by molar-refractivity contribution is -0.124. The fourth-order valence-electron chi connectivity index (χ4n) is 6.24. The van der Waals surface area contributed by atoms with E-state index >= 15 is 0 Å². The van der Waals surface area contributed by atoms with Gasteiger partial charge in [-0.2, -0.15) is 0 Å². The first-order valence-electron chi connectivity index (χ1n) is 15.2. The number of anilines is 3. The maximum atomic E-state index is 13.9. The summed E-state index contributed by atoms with van der Waals surface area (Å²) in [5.74, 6) is 1.41. The highest BCUT2D eigenvalue weighted by Crippen LogP contribution is 2.37. The number of carbonyl (C=O) groups excluding carboxylic acids is 3. The average molecular weight is 540 g/mol. The molecule has 3 amide bonds. The zero-order chi connectivity index (χ0) is 29.0. The van der Waals surface area contributed by atoms with E-state index in [9.17, 15) is 14.4 Å². The van der Waals surface area contributed by atoms with Crippen LogP contribution in [0.15, 0.2) is 18.2 Å². The summed E-state index contributed by atoms with van der Waals surface area (Å²) in [6, 6.07) is 5.62. The third-order valence-corrected chi connectivity index (χ3v) is 8.35. The van der Waals surface area contributed by atoms with Gasteiger partial charge in [0.15, 0.2) is 0 Å². The number of nitrogens with one attached hydrogen (secondary N) is 2. The van der Waals surface area contributed by atoms with Crippen molar-refractivity contribution in [2.45, 2.75) is 125 Å². The van der Waals surface area contributed by atoms with Gasteiger partial charge in [-0.05, 0) is 94.7 Å². The van der Waals surface area contributed by atoms with Crippen LogP contribution in [0.3, 0.4) is 0 Å². The Bertz CT molecular complexity index is 1000. The average Bonchev–Trinajstić information content (AvgIpc) is 2.82. The first-order chi connectivity index (χ1) is 18.1. The highest BCUT2D eigenvalue weighted by atomic mass is 16.2. The molecule has 2 fully saturated rings. The van der Waals surface area contributed by atoms with Gasteiger partial charge in [0, 0.05) is 40.9 Å². The first kappa shape index (κ1) is 31.2. The summed E-state index contributed by atoms with van der Waals surface area (Å²) in [7, 11) is 0. The molecule has 218 valence electrons. The Morgan fingerprint density at radius 2 is 1.36 bits per heavy atom. The number of amides is 3. The van der Waals surface area contributed by atoms with Gasteiger partial charge in [0.2, 0.25) is 17.7 Å². The molecule has 1 aromatic carbocycles. The molecule has 0 spiro atoms. The summed E-state index contributed by atoms with van der Waals surface area (Å²) < 4.78 is 0. The molecule has 0 atom stereocenters. The molecule has 0 unspecified atom stereocenters. The zero-order valence-electron chi connectivity index (χ0n) is 25.8. The van der Waals surface area contributed by atoms with Crippen molar-refractivity contribution >= 4 is 34.8 Å². The monoisotopic (exact) mass is 539 g/mol. The van der Waals surface area contributed by atoms with Gasteiger partial charge in [-0.25, -0.2) is 0 Å². The summed E-state index contributed by atoms with van der Waals surface area (Å²) in [5, 5.41) is 6.20. The number of hydrogen-bond acceptors (Lipinski definition) is 3. The quantitative estimate of drug-likeness (QED) is 0.367. The fourth-order valence-corrected chi connectivity index (χ4v) is 6.24. The molecule has 0 aliphatic heterocycles. The van der Waals surface area contributed by atoms with Crippen LogP contribution in [0.2, 0.25) is 0 Å². The van der Waals surface area contributed by atoms with Crippen LogP contribution in [0.25, 0.3) is 0 Å². The number of carbonyl (C=O) groups is 3. The van der Waals surface area contributed by atoms with Crippen molar-refractivity contribution in [2.24, 2.45) is 29.1 Å². The molecule has 39 heavy (non-hydrogen) atoms.